The number of nitrogens with one attached hydrogen (secondary N) is 1. The number of piperidine rings is 1. The Morgan fingerprint density at radius 1 is 1.25 bits per heavy atom. The average molecular weight is 406 g/mol. The molecule has 9 heteroatoms. The van der Waals surface area contributed by atoms with Crippen molar-refractivity contribution in [3.8, 4) is 0 Å². The highest BCUT2D eigenvalue weighted by atomic mass is 32.2. The van der Waals surface area contributed by atoms with Crippen molar-refractivity contribution >= 4 is 16.1 Å². The molecule has 0 aliphatic carbocycles. The van der Waals surface area contributed by atoms with Gasteiger partial charge in [0.1, 0.15) is 0 Å². The molecule has 0 radical (unpaired) electrons. The second-order valence-corrected chi connectivity index (χ2v) is 9.28. The van der Waals surface area contributed by atoms with Crippen molar-refractivity contribution in [3.63, 3.8) is 0 Å². The topological polar surface area (TPSA) is 87.5 Å². The van der Waals surface area contributed by atoms with Gasteiger partial charge in [-0.2, -0.15) is 22.5 Å². The normalized spacial score (nSPS) is 20.5. The predicted molar refractivity (Wildman–Crippen MR) is 107 cm³/mol. The maximum absolute atomic E-state index is 12.9. The molecule has 0 unspecified atom stereocenters. The van der Waals surface area contributed by atoms with Gasteiger partial charge in [-0.3, -0.25) is 9.48 Å². The lowest BCUT2D eigenvalue weighted by atomic mass is 9.85. The van der Waals surface area contributed by atoms with E-state index in [0.29, 0.717) is 25.2 Å². The van der Waals surface area contributed by atoms with E-state index < -0.39 is 16.3 Å². The number of hydrogen-bond acceptors (Lipinski definition) is 4. The van der Waals surface area contributed by atoms with Crippen LogP contribution in [0, 0.1) is 6.92 Å². The van der Waals surface area contributed by atoms with E-state index in [1.54, 1.807) is 22.7 Å². The summed E-state index contributed by atoms with van der Waals surface area (Å²) < 4.78 is 30.5. The van der Waals surface area contributed by atoms with Crippen molar-refractivity contribution in [2.24, 2.45) is 7.05 Å². The Hall–Kier alpha value is -2.23. The maximum atomic E-state index is 12.9. The second-order valence-electron chi connectivity index (χ2n) is 7.36. The molecule has 1 amide bonds. The first-order valence-electron chi connectivity index (χ1n) is 9.23. The lowest BCUT2D eigenvalue weighted by Crippen LogP contribution is -2.55. The number of rotatable bonds is 5. The van der Waals surface area contributed by atoms with Crippen LogP contribution >= 0.6 is 0 Å². The van der Waals surface area contributed by atoms with Crippen LogP contribution in [0.3, 0.4) is 0 Å². The molecule has 3 rings (SSSR count). The summed E-state index contributed by atoms with van der Waals surface area (Å²) in [6.07, 6.45) is 0.669. The number of carbonyl (C=O) groups is 1. The van der Waals surface area contributed by atoms with Gasteiger partial charge in [-0.05, 0) is 25.0 Å². The molecular formula is C19H27N5O3S. The third-order valence-electron chi connectivity index (χ3n) is 5.24. The summed E-state index contributed by atoms with van der Waals surface area (Å²) in [7, 11) is 1.14. The first-order chi connectivity index (χ1) is 13.2. The van der Waals surface area contributed by atoms with Crippen LogP contribution in [0.5, 0.6) is 0 Å². The Bertz CT molecular complexity index is 920. The van der Waals surface area contributed by atoms with E-state index in [0.717, 1.165) is 15.6 Å². The van der Waals surface area contributed by atoms with Crippen LogP contribution in [-0.2, 0) is 17.3 Å². The highest BCUT2D eigenvalue weighted by Crippen LogP contribution is 2.29. The molecule has 1 aliphatic rings. The fourth-order valence-electron chi connectivity index (χ4n) is 3.48. The Morgan fingerprint density at radius 2 is 1.93 bits per heavy atom. The van der Waals surface area contributed by atoms with Gasteiger partial charge in [-0.25, -0.2) is 0 Å². The monoisotopic (exact) mass is 405 g/mol. The highest BCUT2D eigenvalue weighted by Gasteiger charge is 2.36. The number of amides is 1. The van der Waals surface area contributed by atoms with Crippen LogP contribution < -0.4 is 4.72 Å². The highest BCUT2D eigenvalue weighted by molar-refractivity contribution is 7.87. The van der Waals surface area contributed by atoms with E-state index in [-0.39, 0.29) is 11.8 Å². The molecule has 2 heterocycles. The van der Waals surface area contributed by atoms with Gasteiger partial charge < -0.3 is 4.90 Å². The van der Waals surface area contributed by atoms with Gasteiger partial charge in [0.25, 0.3) is 16.1 Å². The summed E-state index contributed by atoms with van der Waals surface area (Å²) in [5.41, 5.74) is 2.34. The van der Waals surface area contributed by atoms with Gasteiger partial charge in [0, 0.05) is 51.9 Å². The Morgan fingerprint density at radius 3 is 2.50 bits per heavy atom. The van der Waals surface area contributed by atoms with Crippen LogP contribution in [0.4, 0.5) is 0 Å². The summed E-state index contributed by atoms with van der Waals surface area (Å²) in [5, 5.41) is 4.27. The number of aryl methyl sites for hydroxylation is 2. The lowest BCUT2D eigenvalue weighted by Gasteiger charge is -2.39. The van der Waals surface area contributed by atoms with Gasteiger partial charge >= 0.3 is 0 Å². The maximum Gasteiger partial charge on any atom is 0.279 e. The fourth-order valence-corrected chi connectivity index (χ4v) is 4.31. The van der Waals surface area contributed by atoms with Gasteiger partial charge in [0.05, 0.1) is 0 Å². The molecule has 0 bridgehead atoms. The minimum Gasteiger partial charge on any atom is -0.336 e. The van der Waals surface area contributed by atoms with Gasteiger partial charge in [-0.1, -0.05) is 30.3 Å². The Labute approximate surface area is 166 Å². The molecule has 1 N–H and O–H groups in total. The molecule has 1 saturated heterocycles. The van der Waals surface area contributed by atoms with Crippen LogP contribution in [0.25, 0.3) is 0 Å². The molecule has 2 aromatic rings. The molecule has 152 valence electrons. The van der Waals surface area contributed by atoms with Crippen LogP contribution in [-0.4, -0.2) is 66.5 Å². The quantitative estimate of drug-likeness (QED) is 0.808. The fraction of sp³-hybridized carbons (Fsp3) is 0.474. The van der Waals surface area contributed by atoms with E-state index in [4.69, 9.17) is 0 Å². The van der Waals surface area contributed by atoms with E-state index in [1.807, 2.05) is 37.3 Å². The number of hydrogen-bond donors (Lipinski definition) is 1. The minimum atomic E-state index is -3.63. The zero-order valence-corrected chi connectivity index (χ0v) is 17.5. The Balaban J connectivity index is 1.86. The van der Waals surface area contributed by atoms with Crippen molar-refractivity contribution in [3.05, 3.63) is 53.3 Å². The van der Waals surface area contributed by atoms with Crippen molar-refractivity contribution in [2.75, 3.05) is 27.2 Å². The first-order valence-corrected chi connectivity index (χ1v) is 10.7. The zero-order chi connectivity index (χ0) is 20.5. The molecule has 8 nitrogen and oxygen atoms in total. The van der Waals surface area contributed by atoms with Crippen LogP contribution in [0.15, 0.2) is 36.4 Å². The third-order valence-corrected chi connectivity index (χ3v) is 6.80. The van der Waals surface area contributed by atoms with Gasteiger partial charge in [0.15, 0.2) is 5.69 Å². The summed E-state index contributed by atoms with van der Waals surface area (Å²) in [6, 6.07) is 11.2. The lowest BCUT2D eigenvalue weighted by molar-refractivity contribution is 0.0679. The first kappa shape index (κ1) is 20.5. The third kappa shape index (κ3) is 4.26. The second kappa shape index (κ2) is 8.02. The van der Waals surface area contributed by atoms with Gasteiger partial charge in [0.2, 0.25) is 0 Å². The molecule has 2 atom stereocenters. The van der Waals surface area contributed by atoms with Crippen molar-refractivity contribution < 1.29 is 13.2 Å². The Kier molecular flexibility index (Phi) is 5.87. The number of likely N-dealkylation sites (tertiary alicyclic amines) is 1. The summed E-state index contributed by atoms with van der Waals surface area (Å²) in [5.74, 6) is -0.185. The van der Waals surface area contributed by atoms with Crippen LogP contribution in [0.2, 0.25) is 0 Å². The van der Waals surface area contributed by atoms with E-state index >= 15 is 0 Å². The van der Waals surface area contributed by atoms with E-state index in [1.165, 1.54) is 14.1 Å². The number of aromatic nitrogens is 2. The molecule has 1 aliphatic heterocycles. The molecule has 1 fully saturated rings. The van der Waals surface area contributed by atoms with E-state index in [9.17, 15) is 13.2 Å². The summed E-state index contributed by atoms with van der Waals surface area (Å²) in [6.45, 7) is 2.73. The van der Waals surface area contributed by atoms with Crippen molar-refractivity contribution in [1.29, 1.82) is 0 Å². The largest absolute Gasteiger partial charge is 0.336 e. The van der Waals surface area contributed by atoms with Crippen LogP contribution in [0.1, 0.15) is 34.1 Å². The average Bonchev–Trinajstić information content (AvgIpc) is 3.00. The smallest absolute Gasteiger partial charge is 0.279 e. The molecule has 1 aromatic heterocycles. The predicted octanol–water partition coefficient (Wildman–Crippen LogP) is 1.12. The van der Waals surface area contributed by atoms with E-state index in [2.05, 4.69) is 9.82 Å². The molecular weight excluding hydrogens is 378 g/mol. The summed E-state index contributed by atoms with van der Waals surface area (Å²) >= 11 is 0. The molecule has 0 spiro atoms. The number of benzene rings is 1. The minimum absolute atomic E-state index is 0.00885. The van der Waals surface area contributed by atoms with Crippen molar-refractivity contribution in [1.82, 2.24) is 23.7 Å². The molecule has 28 heavy (non-hydrogen) atoms. The van der Waals surface area contributed by atoms with Gasteiger partial charge in [-0.15, -0.1) is 0 Å². The molecule has 1 aromatic carbocycles. The standard InChI is InChI=1S/C19H27N5O3S/c1-14-12-17(20-23(14)4)19(25)24-11-10-16(15-8-6-5-7-9-15)18(13-24)21-28(26,27)22(2)3/h5-9,12,16,18,21H,10-11,13H2,1-4H3/t16-,18-/m0/s1. The van der Waals surface area contributed by atoms with Crippen molar-refractivity contribution in [2.45, 2.75) is 25.3 Å². The SMILES string of the molecule is Cc1cc(C(=O)N2CC[C@@H](c3ccccc3)[C@@H](NS(=O)(=O)N(C)C)C2)nn1C. The zero-order valence-electron chi connectivity index (χ0n) is 16.7. The number of nitrogens with zero attached hydrogens (tertiary/aromatic N) is 4. The molecule has 0 saturated carbocycles. The number of carbonyl (C=O) groups excluding carboxylic acids is 1. The summed E-state index contributed by atoms with van der Waals surface area (Å²) in [4.78, 5) is 14.6.